The van der Waals surface area contributed by atoms with Gasteiger partial charge in [-0.2, -0.15) is 0 Å². The molecule has 34 heavy (non-hydrogen) atoms. The Morgan fingerprint density at radius 1 is 1.09 bits per heavy atom. The van der Waals surface area contributed by atoms with Gasteiger partial charge in [0.2, 0.25) is 5.91 Å². The molecule has 2 aromatic carbocycles. The van der Waals surface area contributed by atoms with Crippen molar-refractivity contribution in [1.82, 2.24) is 4.72 Å². The number of phenols is 1. The van der Waals surface area contributed by atoms with E-state index in [2.05, 4.69) is 9.46 Å². The highest BCUT2D eigenvalue weighted by Gasteiger charge is 2.30. The predicted molar refractivity (Wildman–Crippen MR) is 125 cm³/mol. The predicted octanol–water partition coefficient (Wildman–Crippen LogP) is 4.70. The van der Waals surface area contributed by atoms with Gasteiger partial charge >= 0.3 is 6.36 Å². The van der Waals surface area contributed by atoms with Crippen LogP contribution in [0.1, 0.15) is 24.0 Å². The van der Waals surface area contributed by atoms with Gasteiger partial charge in [-0.25, -0.2) is 8.42 Å². The average molecular weight is 516 g/mol. The van der Waals surface area contributed by atoms with Crippen molar-refractivity contribution < 1.29 is 36.2 Å². The molecule has 184 valence electrons. The molecule has 0 aliphatic carbocycles. The van der Waals surface area contributed by atoms with Crippen molar-refractivity contribution in [2.24, 2.45) is 0 Å². The molecule has 1 amide bonds. The van der Waals surface area contributed by atoms with Crippen molar-refractivity contribution in [3.05, 3.63) is 76.1 Å². The minimum absolute atomic E-state index is 0.0211. The molecule has 0 spiro atoms. The summed E-state index contributed by atoms with van der Waals surface area (Å²) in [6, 6.07) is 9.85. The van der Waals surface area contributed by atoms with E-state index in [1.165, 1.54) is 30.3 Å². The number of phenolic OH excluding ortho intramolecular Hbond substituents is 1. The molecule has 2 aromatic rings. The molecule has 1 aliphatic heterocycles. The number of ether oxygens (including phenoxy) is 1. The van der Waals surface area contributed by atoms with Crippen molar-refractivity contribution in [2.45, 2.75) is 36.9 Å². The van der Waals surface area contributed by atoms with Crippen LogP contribution in [0, 0.1) is 0 Å². The molecule has 1 unspecified atom stereocenters. The van der Waals surface area contributed by atoms with Crippen LogP contribution in [0.15, 0.2) is 69.8 Å². The third kappa shape index (κ3) is 7.84. The van der Waals surface area contributed by atoms with Crippen LogP contribution in [-0.4, -0.2) is 32.0 Å². The summed E-state index contributed by atoms with van der Waals surface area (Å²) in [6.45, 7) is 0. The number of halogens is 3. The summed E-state index contributed by atoms with van der Waals surface area (Å²) in [5, 5.41) is 13.6. The van der Waals surface area contributed by atoms with E-state index in [0.29, 0.717) is 12.0 Å². The maximum Gasteiger partial charge on any atom is 0.573 e. The normalized spacial score (nSPS) is 16.8. The number of thiol groups is 1. The molecule has 1 aliphatic rings. The van der Waals surface area contributed by atoms with E-state index >= 15 is 0 Å². The molecule has 2 N–H and O–H groups in total. The summed E-state index contributed by atoms with van der Waals surface area (Å²) in [6.07, 6.45) is 0.421. The van der Waals surface area contributed by atoms with Crippen LogP contribution in [0.3, 0.4) is 0 Å². The van der Waals surface area contributed by atoms with Crippen molar-refractivity contribution in [3.8, 4) is 11.5 Å². The summed E-state index contributed by atoms with van der Waals surface area (Å²) >= 11 is -0.978. The standard InChI is InChI=1S/C23H24F3NO5S2/c1-34(30,31)21-13-18(7-10-20(21)28)14-22(29)27-33-12-11-17(15-33)4-2-3-16-5-8-19(9-6-16)32-23(24,25)26/h5-13,15,28,33H,2-4,14H2,1H3,(H,27,29). The van der Waals surface area contributed by atoms with Crippen LogP contribution in [0.25, 0.3) is 0 Å². The summed E-state index contributed by atoms with van der Waals surface area (Å²) in [4.78, 5) is 12.2. The van der Waals surface area contributed by atoms with Gasteiger partial charge in [0.05, 0.1) is 6.42 Å². The van der Waals surface area contributed by atoms with E-state index < -0.39 is 27.3 Å². The first-order chi connectivity index (χ1) is 15.9. The fourth-order valence-corrected chi connectivity index (χ4v) is 5.68. The Balaban J connectivity index is 1.46. The number of nitrogens with one attached hydrogen (secondary N) is 1. The highest BCUT2D eigenvalue weighted by atomic mass is 32.2. The van der Waals surface area contributed by atoms with Crippen molar-refractivity contribution in [1.29, 1.82) is 0 Å². The molecule has 3 rings (SSSR count). The average Bonchev–Trinajstić information content (AvgIpc) is 3.16. The second-order valence-corrected chi connectivity index (χ2v) is 11.3. The Labute approximate surface area is 198 Å². The molecule has 0 bridgehead atoms. The molecule has 1 heterocycles. The summed E-state index contributed by atoms with van der Waals surface area (Å²) in [7, 11) is -3.61. The third-order valence-electron chi connectivity index (χ3n) is 4.88. The largest absolute Gasteiger partial charge is 0.573 e. The lowest BCUT2D eigenvalue weighted by atomic mass is 10.1. The maximum atomic E-state index is 12.4. The van der Waals surface area contributed by atoms with E-state index in [9.17, 15) is 31.5 Å². The van der Waals surface area contributed by atoms with Gasteiger partial charge in [-0.05, 0) is 71.0 Å². The Kier molecular flexibility index (Phi) is 7.98. The lowest BCUT2D eigenvalue weighted by Gasteiger charge is -2.13. The molecule has 6 nitrogen and oxygen atoms in total. The first-order valence-electron chi connectivity index (χ1n) is 10.2. The van der Waals surface area contributed by atoms with E-state index in [1.807, 2.05) is 16.9 Å². The zero-order chi connectivity index (χ0) is 24.9. The number of alkyl halides is 3. The van der Waals surface area contributed by atoms with Crippen LogP contribution in [0.5, 0.6) is 11.5 Å². The number of aromatic hydroxyl groups is 1. The number of carbonyl (C=O) groups excluding carboxylic acids is 1. The molecular weight excluding hydrogens is 491 g/mol. The maximum absolute atomic E-state index is 12.4. The van der Waals surface area contributed by atoms with Gasteiger partial charge in [-0.15, -0.1) is 24.3 Å². The minimum Gasteiger partial charge on any atom is -0.507 e. The van der Waals surface area contributed by atoms with Gasteiger partial charge in [0.1, 0.15) is 16.4 Å². The van der Waals surface area contributed by atoms with Crippen LogP contribution in [0.2, 0.25) is 0 Å². The third-order valence-corrected chi connectivity index (χ3v) is 7.60. The fraction of sp³-hybridized carbons (Fsp3) is 0.261. The number of allylic oxidation sites excluding steroid dienone is 2. The Morgan fingerprint density at radius 2 is 1.76 bits per heavy atom. The number of amides is 1. The molecule has 0 radical (unpaired) electrons. The summed E-state index contributed by atoms with van der Waals surface area (Å²) in [5.41, 5.74) is 2.44. The zero-order valence-electron chi connectivity index (χ0n) is 18.2. The Bertz CT molecular complexity index is 1210. The molecule has 0 saturated heterocycles. The van der Waals surface area contributed by atoms with Crippen LogP contribution in [0.4, 0.5) is 13.2 Å². The van der Waals surface area contributed by atoms with Crippen LogP contribution >= 0.6 is 11.1 Å². The van der Waals surface area contributed by atoms with Crippen LogP contribution in [-0.2, 0) is 27.5 Å². The zero-order valence-corrected chi connectivity index (χ0v) is 19.9. The van der Waals surface area contributed by atoms with Crippen LogP contribution < -0.4 is 9.46 Å². The second-order valence-electron chi connectivity index (χ2n) is 7.76. The van der Waals surface area contributed by atoms with Gasteiger partial charge in [0.25, 0.3) is 0 Å². The quantitative estimate of drug-likeness (QED) is 0.421. The molecular formula is C23H24F3NO5S2. The summed E-state index contributed by atoms with van der Waals surface area (Å²) in [5.74, 6) is -0.869. The van der Waals surface area contributed by atoms with Gasteiger partial charge < -0.3 is 14.6 Å². The van der Waals surface area contributed by atoms with Gasteiger partial charge in [0, 0.05) is 6.26 Å². The molecule has 11 heteroatoms. The molecule has 1 atom stereocenters. The van der Waals surface area contributed by atoms with E-state index in [0.717, 1.165) is 30.2 Å². The Hall–Kier alpha value is -2.92. The smallest absolute Gasteiger partial charge is 0.507 e. The highest BCUT2D eigenvalue weighted by molar-refractivity contribution is 8.21. The molecule has 0 saturated carbocycles. The molecule has 0 aromatic heterocycles. The number of sulfone groups is 1. The van der Waals surface area contributed by atoms with E-state index in [-0.39, 0.29) is 28.7 Å². The lowest BCUT2D eigenvalue weighted by molar-refractivity contribution is -0.274. The number of hydrogen-bond acceptors (Lipinski definition) is 5. The fourth-order valence-electron chi connectivity index (χ4n) is 3.35. The SMILES string of the molecule is CS(=O)(=O)c1cc(CC(=O)N[SH]2C=CC(CCCc3ccc(OC(F)(F)F)cc3)=C2)ccc1O. The number of rotatable bonds is 9. The number of aryl methyl sites for hydroxylation is 1. The number of benzene rings is 2. The van der Waals surface area contributed by atoms with Crippen molar-refractivity contribution >= 4 is 26.8 Å². The monoisotopic (exact) mass is 515 g/mol. The first-order valence-corrected chi connectivity index (χ1v) is 13.6. The van der Waals surface area contributed by atoms with E-state index in [4.69, 9.17) is 0 Å². The topological polar surface area (TPSA) is 92.7 Å². The van der Waals surface area contributed by atoms with Crippen molar-refractivity contribution in [3.63, 3.8) is 0 Å². The van der Waals surface area contributed by atoms with Gasteiger partial charge in [-0.3, -0.25) is 4.79 Å². The minimum atomic E-state index is -4.71. The summed E-state index contributed by atoms with van der Waals surface area (Å²) < 4.78 is 66.9. The number of carbonyl (C=O) groups is 1. The van der Waals surface area contributed by atoms with Gasteiger partial charge in [-0.1, -0.05) is 24.3 Å². The first kappa shape index (κ1) is 25.7. The van der Waals surface area contributed by atoms with E-state index in [1.54, 1.807) is 12.1 Å². The highest BCUT2D eigenvalue weighted by Crippen LogP contribution is 2.34. The molecule has 0 fully saturated rings. The van der Waals surface area contributed by atoms with Gasteiger partial charge in [0.15, 0.2) is 9.84 Å². The lowest BCUT2D eigenvalue weighted by Crippen LogP contribution is -2.20. The number of hydrogen-bond donors (Lipinski definition) is 3. The van der Waals surface area contributed by atoms with Crippen molar-refractivity contribution in [2.75, 3.05) is 6.26 Å². The second kappa shape index (κ2) is 10.6. The Morgan fingerprint density at radius 3 is 2.41 bits per heavy atom.